The van der Waals surface area contributed by atoms with Crippen LogP contribution in [0.2, 0.25) is 0 Å². The summed E-state index contributed by atoms with van der Waals surface area (Å²) in [6.07, 6.45) is 0.805. The van der Waals surface area contributed by atoms with Crippen LogP contribution >= 0.6 is 0 Å². The van der Waals surface area contributed by atoms with Crippen LogP contribution in [0.1, 0.15) is 23.7 Å². The Kier molecular flexibility index (Phi) is 6.32. The molecule has 0 bridgehead atoms. The van der Waals surface area contributed by atoms with Crippen LogP contribution in [0.4, 0.5) is 5.69 Å². The summed E-state index contributed by atoms with van der Waals surface area (Å²) in [7, 11) is 2.89. The molecule has 21 heavy (non-hydrogen) atoms. The fourth-order valence-corrected chi connectivity index (χ4v) is 1.58. The van der Waals surface area contributed by atoms with E-state index in [2.05, 4.69) is 5.32 Å². The van der Waals surface area contributed by atoms with E-state index in [9.17, 15) is 9.59 Å². The Balaban J connectivity index is 2.80. The van der Waals surface area contributed by atoms with Crippen LogP contribution in [0, 0.1) is 0 Å². The average Bonchev–Trinajstić information content (AvgIpc) is 2.50. The van der Waals surface area contributed by atoms with Gasteiger partial charge in [-0.3, -0.25) is 4.79 Å². The number of methoxy groups -OCH3 is 2. The van der Waals surface area contributed by atoms with Crippen molar-refractivity contribution in [2.45, 2.75) is 13.3 Å². The summed E-state index contributed by atoms with van der Waals surface area (Å²) >= 11 is 0. The molecule has 0 spiro atoms. The Bertz CT molecular complexity index is 516. The number of rotatable bonds is 7. The van der Waals surface area contributed by atoms with Gasteiger partial charge in [0, 0.05) is 12.6 Å². The lowest BCUT2D eigenvalue weighted by Gasteiger charge is -2.12. The Labute approximate surface area is 123 Å². The smallest absolute Gasteiger partial charge is 0.341 e. The highest BCUT2D eigenvalue weighted by Crippen LogP contribution is 2.31. The maximum Gasteiger partial charge on any atom is 0.341 e. The monoisotopic (exact) mass is 296 g/mol. The summed E-state index contributed by atoms with van der Waals surface area (Å²) in [6.45, 7) is 2.10. The molecule has 0 aliphatic rings. The van der Waals surface area contributed by atoms with Crippen LogP contribution in [0.25, 0.3) is 0 Å². The highest BCUT2D eigenvalue weighted by molar-refractivity contribution is 5.98. The molecular weight excluding hydrogens is 276 g/mol. The van der Waals surface area contributed by atoms with Crippen molar-refractivity contribution < 1.29 is 23.8 Å². The number of carbonyl (C=O) groups is 2. The quantitative estimate of drug-likeness (QED) is 0.574. The molecule has 1 amide bonds. The zero-order chi connectivity index (χ0) is 15.8. The molecule has 0 radical (unpaired) electrons. The minimum atomic E-state index is -0.712. The lowest BCUT2D eigenvalue weighted by molar-refractivity contribution is -0.124. The van der Waals surface area contributed by atoms with Crippen molar-refractivity contribution in [3.63, 3.8) is 0 Å². The molecule has 0 aliphatic carbocycles. The van der Waals surface area contributed by atoms with E-state index in [1.165, 1.54) is 20.3 Å². The van der Waals surface area contributed by atoms with Crippen LogP contribution in [-0.4, -0.2) is 39.2 Å². The van der Waals surface area contributed by atoms with E-state index in [1.807, 2.05) is 6.92 Å². The van der Waals surface area contributed by atoms with Gasteiger partial charge in [0.25, 0.3) is 5.91 Å². The number of carbonyl (C=O) groups excluding carboxylic acids is 2. The van der Waals surface area contributed by atoms with Crippen molar-refractivity contribution in [2.75, 3.05) is 33.1 Å². The molecular formula is C14H20N2O5. The van der Waals surface area contributed by atoms with Crippen LogP contribution in [0.3, 0.4) is 0 Å². The highest BCUT2D eigenvalue weighted by Gasteiger charge is 2.18. The van der Waals surface area contributed by atoms with Gasteiger partial charge in [0.2, 0.25) is 0 Å². The molecule has 0 fully saturated rings. The first-order valence-corrected chi connectivity index (χ1v) is 6.48. The first-order chi connectivity index (χ1) is 10.0. The van der Waals surface area contributed by atoms with Crippen LogP contribution < -0.4 is 20.5 Å². The second kappa shape index (κ2) is 7.98. The van der Waals surface area contributed by atoms with Gasteiger partial charge >= 0.3 is 5.97 Å². The summed E-state index contributed by atoms with van der Waals surface area (Å²) in [5, 5.41) is 2.60. The summed E-state index contributed by atoms with van der Waals surface area (Å²) < 4.78 is 15.0. The molecule has 0 heterocycles. The molecule has 7 nitrogen and oxygen atoms in total. The molecule has 1 aromatic carbocycles. The lowest BCUT2D eigenvalue weighted by atomic mass is 10.1. The number of anilines is 1. The third-order valence-corrected chi connectivity index (χ3v) is 2.70. The molecule has 0 atom stereocenters. The zero-order valence-corrected chi connectivity index (χ0v) is 12.4. The maximum absolute atomic E-state index is 12.0. The van der Waals surface area contributed by atoms with E-state index in [0.29, 0.717) is 18.0 Å². The number of benzene rings is 1. The summed E-state index contributed by atoms with van der Waals surface area (Å²) in [4.78, 5) is 23.4. The predicted octanol–water partition coefficient (Wildman–Crippen LogP) is 0.969. The van der Waals surface area contributed by atoms with Gasteiger partial charge in [-0.2, -0.15) is 0 Å². The number of nitrogen functional groups attached to an aromatic ring is 1. The minimum absolute atomic E-state index is 0.0921. The van der Waals surface area contributed by atoms with Crippen LogP contribution in [0.15, 0.2) is 12.1 Å². The molecule has 0 aromatic heterocycles. The summed E-state index contributed by atoms with van der Waals surface area (Å²) in [5.41, 5.74) is 6.05. The largest absolute Gasteiger partial charge is 0.497 e. The lowest BCUT2D eigenvalue weighted by Crippen LogP contribution is -2.29. The third-order valence-electron chi connectivity index (χ3n) is 2.70. The number of nitrogens with one attached hydrogen (secondary N) is 1. The molecule has 116 valence electrons. The standard InChI is InChI=1S/C14H20N2O5/c1-4-5-16-12(17)8-21-14(18)10-6-9(19-2)7-11(20-3)13(10)15/h6-7H,4-5,8,15H2,1-3H3,(H,16,17). The average molecular weight is 296 g/mol. The van der Waals surface area contributed by atoms with Gasteiger partial charge in [0.15, 0.2) is 6.61 Å². The van der Waals surface area contributed by atoms with Crippen LogP contribution in [0.5, 0.6) is 11.5 Å². The Morgan fingerprint density at radius 1 is 1.24 bits per heavy atom. The topological polar surface area (TPSA) is 99.9 Å². The second-order valence-electron chi connectivity index (χ2n) is 4.22. The zero-order valence-electron chi connectivity index (χ0n) is 12.4. The Morgan fingerprint density at radius 2 is 1.95 bits per heavy atom. The first kappa shape index (κ1) is 16.6. The normalized spacial score (nSPS) is 9.86. The SMILES string of the molecule is CCCNC(=O)COC(=O)c1cc(OC)cc(OC)c1N. The first-order valence-electron chi connectivity index (χ1n) is 6.48. The fourth-order valence-electron chi connectivity index (χ4n) is 1.58. The number of amides is 1. The van der Waals surface area contributed by atoms with E-state index in [4.69, 9.17) is 19.9 Å². The Morgan fingerprint density at radius 3 is 2.52 bits per heavy atom. The molecule has 3 N–H and O–H groups in total. The predicted molar refractivity (Wildman–Crippen MR) is 77.5 cm³/mol. The number of ether oxygens (including phenoxy) is 3. The van der Waals surface area contributed by atoms with Gasteiger partial charge in [-0.15, -0.1) is 0 Å². The second-order valence-corrected chi connectivity index (χ2v) is 4.22. The number of hydrogen-bond acceptors (Lipinski definition) is 6. The molecule has 7 heteroatoms. The van der Waals surface area contributed by atoms with Gasteiger partial charge in [-0.05, 0) is 12.5 Å². The van der Waals surface area contributed by atoms with E-state index in [-0.39, 0.29) is 23.8 Å². The van der Waals surface area contributed by atoms with Crippen molar-refractivity contribution in [2.24, 2.45) is 0 Å². The summed E-state index contributed by atoms with van der Waals surface area (Å²) in [5.74, 6) is -0.366. The van der Waals surface area contributed by atoms with Gasteiger partial charge in [-0.25, -0.2) is 4.79 Å². The molecule has 0 unspecified atom stereocenters. The number of esters is 1. The van der Waals surface area contributed by atoms with Crippen molar-refractivity contribution in [1.29, 1.82) is 0 Å². The maximum atomic E-state index is 12.0. The van der Waals surface area contributed by atoms with Crippen molar-refractivity contribution in [3.8, 4) is 11.5 Å². The van der Waals surface area contributed by atoms with Gasteiger partial charge in [-0.1, -0.05) is 6.92 Å². The van der Waals surface area contributed by atoms with Crippen molar-refractivity contribution >= 4 is 17.6 Å². The third kappa shape index (κ3) is 4.55. The van der Waals surface area contributed by atoms with Gasteiger partial charge in [0.05, 0.1) is 25.5 Å². The highest BCUT2D eigenvalue weighted by atomic mass is 16.5. The van der Waals surface area contributed by atoms with Gasteiger partial charge < -0.3 is 25.3 Å². The number of hydrogen-bond donors (Lipinski definition) is 2. The fraction of sp³-hybridized carbons (Fsp3) is 0.429. The van der Waals surface area contributed by atoms with E-state index >= 15 is 0 Å². The van der Waals surface area contributed by atoms with E-state index in [1.54, 1.807) is 6.07 Å². The minimum Gasteiger partial charge on any atom is -0.497 e. The molecule has 0 saturated heterocycles. The number of nitrogens with two attached hydrogens (primary N) is 1. The van der Waals surface area contributed by atoms with Gasteiger partial charge in [0.1, 0.15) is 11.5 Å². The van der Waals surface area contributed by atoms with E-state index in [0.717, 1.165) is 6.42 Å². The van der Waals surface area contributed by atoms with Crippen molar-refractivity contribution in [3.05, 3.63) is 17.7 Å². The van der Waals surface area contributed by atoms with Crippen molar-refractivity contribution in [1.82, 2.24) is 5.32 Å². The molecule has 0 aliphatic heterocycles. The summed E-state index contributed by atoms with van der Waals surface area (Å²) in [6, 6.07) is 2.99. The Hall–Kier alpha value is -2.44. The molecule has 1 rings (SSSR count). The van der Waals surface area contributed by atoms with E-state index < -0.39 is 5.97 Å². The molecule has 1 aromatic rings. The van der Waals surface area contributed by atoms with Crippen LogP contribution in [-0.2, 0) is 9.53 Å². The molecule has 0 saturated carbocycles.